The third-order valence-electron chi connectivity index (χ3n) is 2.69. The van der Waals surface area contributed by atoms with E-state index in [1.54, 1.807) is 0 Å². The number of halogens is 1. The fourth-order valence-corrected chi connectivity index (χ4v) is 2.33. The first-order valence-electron chi connectivity index (χ1n) is 5.42. The third-order valence-corrected chi connectivity index (χ3v) is 3.35. The zero-order valence-corrected chi connectivity index (χ0v) is 10.5. The van der Waals surface area contributed by atoms with Gasteiger partial charge < -0.3 is 5.32 Å². The lowest BCUT2D eigenvalue weighted by atomic mass is 10.0. The van der Waals surface area contributed by atoms with E-state index >= 15 is 0 Å². The van der Waals surface area contributed by atoms with Crippen LogP contribution in [0.4, 0.5) is 5.69 Å². The van der Waals surface area contributed by atoms with E-state index in [0.29, 0.717) is 11.6 Å². The van der Waals surface area contributed by atoms with Crippen molar-refractivity contribution in [2.45, 2.75) is 25.3 Å². The van der Waals surface area contributed by atoms with Gasteiger partial charge in [-0.05, 0) is 53.4 Å². The molecule has 1 aromatic carbocycles. The highest BCUT2D eigenvalue weighted by atomic mass is 79.9. The molecule has 1 aliphatic rings. The molecule has 0 aliphatic heterocycles. The molecule has 1 N–H and O–H groups in total. The smallest absolute Gasteiger partial charge is 0.0992 e. The zero-order valence-electron chi connectivity index (χ0n) is 8.91. The van der Waals surface area contributed by atoms with E-state index in [-0.39, 0.29) is 0 Å². The van der Waals surface area contributed by atoms with Crippen LogP contribution in [0.15, 0.2) is 34.8 Å². The Hall–Kier alpha value is -1.27. The Labute approximate surface area is 104 Å². The Morgan fingerprint density at radius 2 is 2.31 bits per heavy atom. The number of nitrogens with zero attached hydrogens (tertiary/aromatic N) is 1. The van der Waals surface area contributed by atoms with Crippen molar-refractivity contribution in [3.63, 3.8) is 0 Å². The molecule has 16 heavy (non-hydrogen) atoms. The van der Waals surface area contributed by atoms with Crippen LogP contribution in [0.25, 0.3) is 0 Å². The predicted octanol–water partition coefficient (Wildman–Crippen LogP) is 3.84. The van der Waals surface area contributed by atoms with E-state index in [9.17, 15) is 0 Å². The number of hydrogen-bond donors (Lipinski definition) is 1. The maximum Gasteiger partial charge on any atom is 0.0992 e. The molecule has 0 heterocycles. The number of anilines is 1. The first kappa shape index (κ1) is 11.2. The second-order valence-corrected chi connectivity index (χ2v) is 4.77. The van der Waals surface area contributed by atoms with Gasteiger partial charge in [0.05, 0.1) is 11.6 Å². The Morgan fingerprint density at radius 1 is 1.44 bits per heavy atom. The maximum atomic E-state index is 8.77. The van der Waals surface area contributed by atoms with E-state index in [2.05, 4.69) is 39.5 Å². The van der Waals surface area contributed by atoms with Gasteiger partial charge in [-0.1, -0.05) is 12.2 Å². The minimum Gasteiger partial charge on any atom is -0.378 e. The molecule has 0 aromatic heterocycles. The standard InChI is InChI=1S/C13H13BrN2/c14-12-8-10(9-15)6-7-13(12)16-11-4-2-1-3-5-11/h2,4,6-8,11,16H,1,3,5H2. The van der Waals surface area contributed by atoms with Crippen molar-refractivity contribution in [2.24, 2.45) is 0 Å². The molecule has 0 amide bonds. The van der Waals surface area contributed by atoms with Crippen molar-refractivity contribution in [3.8, 4) is 6.07 Å². The van der Waals surface area contributed by atoms with Crippen molar-refractivity contribution in [3.05, 3.63) is 40.4 Å². The topological polar surface area (TPSA) is 35.8 Å². The van der Waals surface area contributed by atoms with Crippen LogP contribution in [-0.4, -0.2) is 6.04 Å². The van der Waals surface area contributed by atoms with Gasteiger partial charge in [0.1, 0.15) is 0 Å². The summed E-state index contributed by atoms with van der Waals surface area (Å²) in [6.45, 7) is 0. The van der Waals surface area contributed by atoms with Crippen molar-refractivity contribution in [1.29, 1.82) is 5.26 Å². The van der Waals surface area contributed by atoms with Crippen LogP contribution in [0.5, 0.6) is 0 Å². The number of nitrogens with one attached hydrogen (secondary N) is 1. The predicted molar refractivity (Wildman–Crippen MR) is 69.3 cm³/mol. The van der Waals surface area contributed by atoms with Gasteiger partial charge in [0.15, 0.2) is 0 Å². The maximum absolute atomic E-state index is 8.77. The van der Waals surface area contributed by atoms with Gasteiger partial charge in [0, 0.05) is 16.2 Å². The van der Waals surface area contributed by atoms with Gasteiger partial charge >= 0.3 is 0 Å². The highest BCUT2D eigenvalue weighted by Gasteiger charge is 2.09. The third kappa shape index (κ3) is 2.65. The molecule has 0 saturated carbocycles. The van der Waals surface area contributed by atoms with E-state index < -0.39 is 0 Å². The van der Waals surface area contributed by atoms with E-state index in [4.69, 9.17) is 5.26 Å². The van der Waals surface area contributed by atoms with Crippen molar-refractivity contribution >= 4 is 21.6 Å². The van der Waals surface area contributed by atoms with Crippen molar-refractivity contribution in [2.75, 3.05) is 5.32 Å². The van der Waals surface area contributed by atoms with Crippen LogP contribution in [-0.2, 0) is 0 Å². The average Bonchev–Trinajstić information content (AvgIpc) is 2.33. The summed E-state index contributed by atoms with van der Waals surface area (Å²) in [4.78, 5) is 0. The summed E-state index contributed by atoms with van der Waals surface area (Å²) in [7, 11) is 0. The summed E-state index contributed by atoms with van der Waals surface area (Å²) in [6.07, 6.45) is 8.03. The zero-order chi connectivity index (χ0) is 11.4. The molecule has 0 bridgehead atoms. The summed E-state index contributed by atoms with van der Waals surface area (Å²) < 4.78 is 0.950. The average molecular weight is 277 g/mol. The first-order chi connectivity index (χ1) is 7.79. The highest BCUT2D eigenvalue weighted by Crippen LogP contribution is 2.25. The Kier molecular flexibility index (Phi) is 3.63. The molecule has 0 radical (unpaired) electrons. The van der Waals surface area contributed by atoms with E-state index in [0.717, 1.165) is 10.2 Å². The minimum absolute atomic E-state index is 0.415. The monoisotopic (exact) mass is 276 g/mol. The molecular formula is C13H13BrN2. The van der Waals surface area contributed by atoms with Gasteiger partial charge in [-0.25, -0.2) is 0 Å². The fraction of sp³-hybridized carbons (Fsp3) is 0.308. The summed E-state index contributed by atoms with van der Waals surface area (Å²) in [6, 6.07) is 8.17. The molecule has 1 unspecified atom stereocenters. The summed E-state index contributed by atoms with van der Waals surface area (Å²) >= 11 is 3.48. The highest BCUT2D eigenvalue weighted by molar-refractivity contribution is 9.10. The lowest BCUT2D eigenvalue weighted by Crippen LogP contribution is -2.18. The second kappa shape index (κ2) is 5.18. The second-order valence-electron chi connectivity index (χ2n) is 3.92. The summed E-state index contributed by atoms with van der Waals surface area (Å²) in [5.41, 5.74) is 1.73. The molecule has 1 atom stereocenters. The van der Waals surface area contributed by atoms with Crippen LogP contribution in [0.3, 0.4) is 0 Å². The minimum atomic E-state index is 0.415. The lowest BCUT2D eigenvalue weighted by Gasteiger charge is -2.20. The molecule has 3 heteroatoms. The number of benzene rings is 1. The van der Waals surface area contributed by atoms with Gasteiger partial charge in [-0.2, -0.15) is 5.26 Å². The van der Waals surface area contributed by atoms with Crippen molar-refractivity contribution in [1.82, 2.24) is 0 Å². The number of hydrogen-bond acceptors (Lipinski definition) is 2. The molecule has 1 aromatic rings. The molecule has 2 nitrogen and oxygen atoms in total. The Balaban J connectivity index is 2.12. The normalized spacial score (nSPS) is 19.1. The quantitative estimate of drug-likeness (QED) is 0.834. The molecule has 0 saturated heterocycles. The Morgan fingerprint density at radius 3 is 2.94 bits per heavy atom. The van der Waals surface area contributed by atoms with Crippen molar-refractivity contribution < 1.29 is 0 Å². The fourth-order valence-electron chi connectivity index (χ4n) is 1.83. The van der Waals surface area contributed by atoms with Crippen LogP contribution in [0.2, 0.25) is 0 Å². The SMILES string of the molecule is N#Cc1ccc(NC2C=CCCC2)c(Br)c1. The summed E-state index contributed by atoms with van der Waals surface area (Å²) in [5, 5.41) is 12.2. The summed E-state index contributed by atoms with van der Waals surface area (Å²) in [5.74, 6) is 0. The largest absolute Gasteiger partial charge is 0.378 e. The number of rotatable bonds is 2. The molecular weight excluding hydrogens is 264 g/mol. The van der Waals surface area contributed by atoms with Gasteiger partial charge in [0.25, 0.3) is 0 Å². The molecule has 0 spiro atoms. The Bertz CT molecular complexity index is 446. The van der Waals surface area contributed by atoms with Crippen LogP contribution < -0.4 is 5.32 Å². The first-order valence-corrected chi connectivity index (χ1v) is 6.22. The van der Waals surface area contributed by atoms with Crippen LogP contribution in [0, 0.1) is 11.3 Å². The van der Waals surface area contributed by atoms with Crippen LogP contribution in [0.1, 0.15) is 24.8 Å². The molecule has 82 valence electrons. The molecule has 2 rings (SSSR count). The molecule has 0 fully saturated rings. The van der Waals surface area contributed by atoms with Gasteiger partial charge in [-0.3, -0.25) is 0 Å². The number of allylic oxidation sites excluding steroid dienone is 1. The van der Waals surface area contributed by atoms with Gasteiger partial charge in [0.2, 0.25) is 0 Å². The van der Waals surface area contributed by atoms with E-state index in [1.807, 2.05) is 18.2 Å². The van der Waals surface area contributed by atoms with Gasteiger partial charge in [-0.15, -0.1) is 0 Å². The molecule has 1 aliphatic carbocycles. The van der Waals surface area contributed by atoms with E-state index in [1.165, 1.54) is 19.3 Å². The van der Waals surface area contributed by atoms with Crippen LogP contribution >= 0.6 is 15.9 Å². The lowest BCUT2D eigenvalue weighted by molar-refractivity contribution is 0.673. The number of nitriles is 1.